The summed E-state index contributed by atoms with van der Waals surface area (Å²) >= 11 is 0. The zero-order valence-electron chi connectivity index (χ0n) is 11.4. The van der Waals surface area contributed by atoms with Gasteiger partial charge in [-0.2, -0.15) is 5.10 Å². The van der Waals surface area contributed by atoms with E-state index in [0.29, 0.717) is 0 Å². The first-order valence-electron chi connectivity index (χ1n) is 6.63. The molecule has 1 atom stereocenters. The Morgan fingerprint density at radius 1 is 1.37 bits per heavy atom. The molecule has 0 saturated carbocycles. The van der Waals surface area contributed by atoms with Crippen LogP contribution in [-0.2, 0) is 13.5 Å². The number of nitrogens with one attached hydrogen (secondary N) is 1. The third-order valence-corrected chi connectivity index (χ3v) is 3.23. The summed E-state index contributed by atoms with van der Waals surface area (Å²) in [5.74, 6) is -0.000330. The van der Waals surface area contributed by atoms with E-state index in [-0.39, 0.29) is 11.7 Å². The average molecular weight is 261 g/mol. The monoisotopic (exact) mass is 261 g/mol. The summed E-state index contributed by atoms with van der Waals surface area (Å²) in [6, 6.07) is 7.01. The van der Waals surface area contributed by atoms with Crippen LogP contribution in [0.1, 0.15) is 24.0 Å². The molecule has 0 radical (unpaired) electrons. The van der Waals surface area contributed by atoms with Crippen molar-refractivity contribution in [3.05, 3.63) is 53.6 Å². The van der Waals surface area contributed by atoms with Gasteiger partial charge >= 0.3 is 0 Å². The highest BCUT2D eigenvalue weighted by molar-refractivity contribution is 5.24. The summed E-state index contributed by atoms with van der Waals surface area (Å²) in [4.78, 5) is 0. The van der Waals surface area contributed by atoms with Gasteiger partial charge in [0, 0.05) is 25.7 Å². The Morgan fingerprint density at radius 2 is 2.16 bits per heavy atom. The van der Waals surface area contributed by atoms with Crippen molar-refractivity contribution in [2.45, 2.75) is 19.3 Å². The van der Waals surface area contributed by atoms with Gasteiger partial charge in [-0.05, 0) is 30.2 Å². The summed E-state index contributed by atoms with van der Waals surface area (Å²) in [6.07, 6.45) is 4.63. The largest absolute Gasteiger partial charge is 0.316 e. The number of aromatic nitrogens is 2. The first-order valence-corrected chi connectivity index (χ1v) is 6.63. The molecule has 0 aliphatic carbocycles. The fourth-order valence-electron chi connectivity index (χ4n) is 2.28. The molecule has 4 heteroatoms. The summed E-state index contributed by atoms with van der Waals surface area (Å²) in [5, 5.41) is 7.48. The third-order valence-electron chi connectivity index (χ3n) is 3.23. The molecule has 1 aromatic heterocycles. The second kappa shape index (κ2) is 6.48. The fourth-order valence-corrected chi connectivity index (χ4v) is 2.28. The molecule has 1 aromatic carbocycles. The summed E-state index contributed by atoms with van der Waals surface area (Å²) in [6.45, 7) is 3.72. The maximum absolute atomic E-state index is 13.9. The van der Waals surface area contributed by atoms with Crippen molar-refractivity contribution >= 4 is 0 Å². The number of nitrogens with zero attached hydrogens (tertiary/aromatic N) is 2. The second-order valence-electron chi connectivity index (χ2n) is 4.75. The van der Waals surface area contributed by atoms with Crippen LogP contribution in [0.5, 0.6) is 0 Å². The third kappa shape index (κ3) is 3.64. The molecule has 0 bridgehead atoms. The predicted octanol–water partition coefficient (Wildman–Crippen LogP) is 2.50. The standard InChI is InChI=1S/C15H20FN3/c1-3-17-10-13(8-12-9-18-19(2)11-12)14-6-4-5-7-15(14)16/h4-7,9,11,13,17H,3,8,10H2,1-2H3. The highest BCUT2D eigenvalue weighted by Gasteiger charge is 2.16. The van der Waals surface area contributed by atoms with Gasteiger partial charge in [0.1, 0.15) is 5.82 Å². The van der Waals surface area contributed by atoms with Gasteiger partial charge in [0.2, 0.25) is 0 Å². The van der Waals surface area contributed by atoms with Gasteiger partial charge in [0.25, 0.3) is 0 Å². The molecule has 3 nitrogen and oxygen atoms in total. The van der Waals surface area contributed by atoms with Gasteiger partial charge in [-0.15, -0.1) is 0 Å². The summed E-state index contributed by atoms with van der Waals surface area (Å²) < 4.78 is 15.7. The topological polar surface area (TPSA) is 29.9 Å². The van der Waals surface area contributed by atoms with Crippen LogP contribution in [-0.4, -0.2) is 22.9 Å². The fraction of sp³-hybridized carbons (Fsp3) is 0.400. The van der Waals surface area contributed by atoms with Gasteiger partial charge in [-0.3, -0.25) is 4.68 Å². The van der Waals surface area contributed by atoms with Crippen molar-refractivity contribution in [3.8, 4) is 0 Å². The van der Waals surface area contributed by atoms with Crippen LogP contribution in [0.25, 0.3) is 0 Å². The molecular formula is C15H20FN3. The Hall–Kier alpha value is -1.68. The van der Waals surface area contributed by atoms with Crippen LogP contribution in [0, 0.1) is 5.82 Å². The maximum Gasteiger partial charge on any atom is 0.126 e. The molecule has 1 N–H and O–H groups in total. The van der Waals surface area contributed by atoms with E-state index < -0.39 is 0 Å². The van der Waals surface area contributed by atoms with E-state index in [9.17, 15) is 4.39 Å². The van der Waals surface area contributed by atoms with Gasteiger partial charge in [-0.1, -0.05) is 25.1 Å². The van der Waals surface area contributed by atoms with E-state index in [1.807, 2.05) is 31.6 Å². The first-order chi connectivity index (χ1) is 9.20. The zero-order chi connectivity index (χ0) is 13.7. The van der Waals surface area contributed by atoms with Crippen LogP contribution in [0.15, 0.2) is 36.7 Å². The minimum Gasteiger partial charge on any atom is -0.316 e. The number of hydrogen-bond donors (Lipinski definition) is 1. The number of aryl methyl sites for hydroxylation is 1. The molecule has 0 saturated heterocycles. The van der Waals surface area contributed by atoms with Crippen LogP contribution in [0.3, 0.4) is 0 Å². The van der Waals surface area contributed by atoms with Gasteiger partial charge in [-0.25, -0.2) is 4.39 Å². The zero-order valence-corrected chi connectivity index (χ0v) is 11.4. The van der Waals surface area contributed by atoms with E-state index in [0.717, 1.165) is 30.6 Å². The number of halogens is 1. The van der Waals surface area contributed by atoms with Crippen molar-refractivity contribution in [1.82, 2.24) is 15.1 Å². The Morgan fingerprint density at radius 3 is 2.79 bits per heavy atom. The van der Waals surface area contributed by atoms with Gasteiger partial charge in [0.15, 0.2) is 0 Å². The summed E-state index contributed by atoms with van der Waals surface area (Å²) in [5.41, 5.74) is 1.90. The molecular weight excluding hydrogens is 241 g/mol. The smallest absolute Gasteiger partial charge is 0.126 e. The number of likely N-dealkylation sites (N-methyl/N-ethyl adjacent to an activating group) is 1. The average Bonchev–Trinajstić information content (AvgIpc) is 2.81. The van der Waals surface area contributed by atoms with Crippen LogP contribution >= 0.6 is 0 Å². The Labute approximate surface area is 113 Å². The van der Waals surface area contributed by atoms with Crippen LogP contribution in [0.4, 0.5) is 4.39 Å². The molecule has 0 aliphatic rings. The van der Waals surface area contributed by atoms with Gasteiger partial charge < -0.3 is 5.32 Å². The first kappa shape index (κ1) is 13.7. The predicted molar refractivity (Wildman–Crippen MR) is 74.6 cm³/mol. The van der Waals surface area contributed by atoms with Crippen LogP contribution in [0.2, 0.25) is 0 Å². The van der Waals surface area contributed by atoms with Crippen molar-refractivity contribution in [2.24, 2.45) is 7.05 Å². The van der Waals surface area contributed by atoms with E-state index in [1.54, 1.807) is 10.7 Å². The SMILES string of the molecule is CCNCC(Cc1cnn(C)c1)c1ccccc1F. The minimum absolute atomic E-state index is 0.130. The molecule has 102 valence electrons. The normalized spacial score (nSPS) is 12.6. The van der Waals surface area contributed by atoms with Gasteiger partial charge in [0.05, 0.1) is 6.20 Å². The molecule has 0 aliphatic heterocycles. The van der Waals surface area contributed by atoms with E-state index in [1.165, 1.54) is 6.07 Å². The molecule has 1 heterocycles. The molecule has 0 spiro atoms. The Balaban J connectivity index is 2.18. The molecule has 1 unspecified atom stereocenters. The number of benzene rings is 1. The molecule has 0 amide bonds. The lowest BCUT2D eigenvalue weighted by Gasteiger charge is -2.17. The minimum atomic E-state index is -0.130. The maximum atomic E-state index is 13.9. The lowest BCUT2D eigenvalue weighted by atomic mass is 9.92. The van der Waals surface area contributed by atoms with Crippen LogP contribution < -0.4 is 5.32 Å². The Bertz CT molecular complexity index is 522. The highest BCUT2D eigenvalue weighted by Crippen LogP contribution is 2.22. The number of hydrogen-bond acceptors (Lipinski definition) is 2. The summed E-state index contributed by atoms with van der Waals surface area (Å²) in [7, 11) is 1.89. The molecule has 19 heavy (non-hydrogen) atoms. The Kier molecular flexibility index (Phi) is 4.68. The van der Waals surface area contributed by atoms with Crippen molar-refractivity contribution in [3.63, 3.8) is 0 Å². The quantitative estimate of drug-likeness (QED) is 0.866. The van der Waals surface area contributed by atoms with Crippen molar-refractivity contribution in [1.29, 1.82) is 0 Å². The molecule has 2 aromatic rings. The van der Waals surface area contributed by atoms with Crippen molar-refractivity contribution < 1.29 is 4.39 Å². The van der Waals surface area contributed by atoms with E-state index in [4.69, 9.17) is 0 Å². The second-order valence-corrected chi connectivity index (χ2v) is 4.75. The lowest BCUT2D eigenvalue weighted by molar-refractivity contribution is 0.544. The highest BCUT2D eigenvalue weighted by atomic mass is 19.1. The van der Waals surface area contributed by atoms with Crippen molar-refractivity contribution in [2.75, 3.05) is 13.1 Å². The molecule has 2 rings (SSSR count). The lowest BCUT2D eigenvalue weighted by Crippen LogP contribution is -2.23. The van der Waals surface area contributed by atoms with E-state index in [2.05, 4.69) is 17.3 Å². The molecule has 0 fully saturated rings. The van der Waals surface area contributed by atoms with E-state index >= 15 is 0 Å². The number of rotatable bonds is 6.